The molecule has 4 nitrogen and oxygen atoms in total. The number of rotatable bonds is 2. The highest BCUT2D eigenvalue weighted by atomic mass is 32.2. The molecule has 0 spiro atoms. The summed E-state index contributed by atoms with van der Waals surface area (Å²) in [6.07, 6.45) is 1.54. The van der Waals surface area contributed by atoms with E-state index in [0.717, 1.165) is 17.9 Å². The van der Waals surface area contributed by atoms with E-state index in [1.165, 1.54) is 0 Å². The summed E-state index contributed by atoms with van der Waals surface area (Å²) >= 11 is 1.80. The Labute approximate surface area is 101 Å². The summed E-state index contributed by atoms with van der Waals surface area (Å²) in [5, 5.41) is 0. The summed E-state index contributed by atoms with van der Waals surface area (Å²) in [5.74, 6) is 2.56. The van der Waals surface area contributed by atoms with Gasteiger partial charge in [0, 0.05) is 24.8 Å². The van der Waals surface area contributed by atoms with Gasteiger partial charge in [-0.2, -0.15) is 11.8 Å². The van der Waals surface area contributed by atoms with Crippen LogP contribution < -0.4 is 0 Å². The van der Waals surface area contributed by atoms with Crippen LogP contribution in [0.4, 0.5) is 0 Å². The Hall–Kier alpha value is -0.230. The van der Waals surface area contributed by atoms with Gasteiger partial charge in [-0.25, -0.2) is 8.42 Å². The summed E-state index contributed by atoms with van der Waals surface area (Å²) < 4.78 is 22.7. The number of hydrogen-bond acceptors (Lipinski definition) is 4. The number of amides is 1. The smallest absolute Gasteiger partial charge is 0.226 e. The van der Waals surface area contributed by atoms with Crippen LogP contribution in [0.2, 0.25) is 0 Å². The van der Waals surface area contributed by atoms with Crippen LogP contribution >= 0.6 is 11.8 Å². The highest BCUT2D eigenvalue weighted by molar-refractivity contribution is 7.99. The molecule has 2 atom stereocenters. The van der Waals surface area contributed by atoms with Crippen LogP contribution in [-0.4, -0.2) is 55.3 Å². The normalized spacial score (nSPS) is 32.8. The molecule has 0 aromatic rings. The number of nitrogens with zero attached hydrogens (tertiary/aromatic N) is 1. The Morgan fingerprint density at radius 2 is 2.12 bits per heavy atom. The lowest BCUT2D eigenvalue weighted by Gasteiger charge is -2.26. The van der Waals surface area contributed by atoms with E-state index < -0.39 is 9.84 Å². The van der Waals surface area contributed by atoms with Crippen molar-refractivity contribution in [2.75, 3.05) is 30.1 Å². The zero-order valence-corrected chi connectivity index (χ0v) is 11.0. The van der Waals surface area contributed by atoms with Crippen molar-refractivity contribution >= 4 is 27.5 Å². The Bertz CT molecular complexity index is 374. The summed E-state index contributed by atoms with van der Waals surface area (Å²) in [6, 6.07) is -0.0944. The minimum absolute atomic E-state index is 0.0944. The Balaban J connectivity index is 1.97. The van der Waals surface area contributed by atoms with E-state index in [4.69, 9.17) is 0 Å². The van der Waals surface area contributed by atoms with Crippen molar-refractivity contribution in [2.45, 2.75) is 18.9 Å². The van der Waals surface area contributed by atoms with Gasteiger partial charge in [-0.05, 0) is 18.6 Å². The van der Waals surface area contributed by atoms with Gasteiger partial charge in [-0.3, -0.25) is 4.79 Å². The minimum Gasteiger partial charge on any atom is -0.341 e. The molecule has 2 saturated heterocycles. The van der Waals surface area contributed by atoms with Crippen LogP contribution in [0.5, 0.6) is 0 Å². The van der Waals surface area contributed by atoms with Crippen LogP contribution in [0.1, 0.15) is 12.8 Å². The van der Waals surface area contributed by atoms with Crippen molar-refractivity contribution in [1.82, 2.24) is 4.90 Å². The van der Waals surface area contributed by atoms with E-state index >= 15 is 0 Å². The fourth-order valence-corrected chi connectivity index (χ4v) is 5.26. The topological polar surface area (TPSA) is 54.5 Å². The van der Waals surface area contributed by atoms with Gasteiger partial charge in [0.1, 0.15) is 0 Å². The second-order valence-corrected chi connectivity index (χ2v) is 7.95. The van der Waals surface area contributed by atoms with Crippen LogP contribution in [0.3, 0.4) is 0 Å². The molecule has 2 fully saturated rings. The Morgan fingerprint density at radius 1 is 1.38 bits per heavy atom. The summed E-state index contributed by atoms with van der Waals surface area (Å²) in [5.41, 5.74) is 0. The molecule has 0 aromatic carbocycles. The minimum atomic E-state index is -2.90. The molecule has 2 heterocycles. The monoisotopic (exact) mass is 263 g/mol. The molecular weight excluding hydrogens is 246 g/mol. The molecule has 2 rings (SSSR count). The van der Waals surface area contributed by atoms with E-state index in [0.29, 0.717) is 6.42 Å². The summed E-state index contributed by atoms with van der Waals surface area (Å²) in [7, 11) is -1.15. The highest BCUT2D eigenvalue weighted by Gasteiger charge is 2.35. The van der Waals surface area contributed by atoms with Crippen LogP contribution in [-0.2, 0) is 14.6 Å². The molecule has 0 aromatic heterocycles. The first-order chi connectivity index (χ1) is 7.49. The Morgan fingerprint density at radius 3 is 2.62 bits per heavy atom. The standard InChI is InChI=1S/C10H17NO3S2/c1-11(9-3-5-16(13,14)7-9)10(12)8-2-4-15-6-8/h8-9H,2-7H2,1H3. The lowest BCUT2D eigenvalue weighted by molar-refractivity contribution is -0.135. The molecule has 0 N–H and O–H groups in total. The van der Waals surface area contributed by atoms with Crippen molar-refractivity contribution in [3.05, 3.63) is 0 Å². The maximum absolute atomic E-state index is 12.1. The number of carbonyl (C=O) groups is 1. The Kier molecular flexibility index (Phi) is 3.49. The quantitative estimate of drug-likeness (QED) is 0.723. The van der Waals surface area contributed by atoms with Gasteiger partial charge in [0.25, 0.3) is 0 Å². The zero-order valence-electron chi connectivity index (χ0n) is 9.39. The predicted octanol–water partition coefficient (Wildman–Crippen LogP) is 0.385. The first-order valence-electron chi connectivity index (χ1n) is 5.54. The molecule has 2 aliphatic rings. The maximum atomic E-state index is 12.1. The second-order valence-electron chi connectivity index (χ2n) is 4.57. The van der Waals surface area contributed by atoms with E-state index in [9.17, 15) is 13.2 Å². The molecule has 6 heteroatoms. The van der Waals surface area contributed by atoms with Gasteiger partial charge in [0.15, 0.2) is 9.84 Å². The van der Waals surface area contributed by atoms with Gasteiger partial charge in [0.05, 0.1) is 11.5 Å². The second kappa shape index (κ2) is 4.56. The van der Waals surface area contributed by atoms with E-state index in [1.54, 1.807) is 23.7 Å². The lowest BCUT2D eigenvalue weighted by atomic mass is 10.1. The van der Waals surface area contributed by atoms with Crippen molar-refractivity contribution in [3.63, 3.8) is 0 Å². The zero-order chi connectivity index (χ0) is 11.8. The SMILES string of the molecule is CN(C(=O)C1CCSC1)C1CCS(=O)(=O)C1. The van der Waals surface area contributed by atoms with Crippen molar-refractivity contribution in [2.24, 2.45) is 5.92 Å². The third-order valence-electron chi connectivity index (χ3n) is 3.38. The van der Waals surface area contributed by atoms with Crippen LogP contribution in [0.25, 0.3) is 0 Å². The molecule has 2 unspecified atom stereocenters. The molecular formula is C10H17NO3S2. The number of hydrogen-bond donors (Lipinski definition) is 0. The molecule has 0 aliphatic carbocycles. The number of sulfone groups is 1. The van der Waals surface area contributed by atoms with E-state index in [2.05, 4.69) is 0 Å². The van der Waals surface area contributed by atoms with Gasteiger partial charge in [-0.15, -0.1) is 0 Å². The van der Waals surface area contributed by atoms with Gasteiger partial charge in [0.2, 0.25) is 5.91 Å². The molecule has 0 saturated carbocycles. The third kappa shape index (κ3) is 2.53. The fourth-order valence-electron chi connectivity index (χ4n) is 2.28. The third-order valence-corrected chi connectivity index (χ3v) is 6.30. The average Bonchev–Trinajstić information content (AvgIpc) is 2.84. The lowest BCUT2D eigenvalue weighted by Crippen LogP contribution is -2.41. The fraction of sp³-hybridized carbons (Fsp3) is 0.900. The molecule has 16 heavy (non-hydrogen) atoms. The van der Waals surface area contributed by atoms with Crippen molar-refractivity contribution < 1.29 is 13.2 Å². The van der Waals surface area contributed by atoms with Crippen molar-refractivity contribution in [3.8, 4) is 0 Å². The average molecular weight is 263 g/mol. The van der Waals surface area contributed by atoms with Crippen molar-refractivity contribution in [1.29, 1.82) is 0 Å². The number of carbonyl (C=O) groups excluding carboxylic acids is 1. The first-order valence-corrected chi connectivity index (χ1v) is 8.52. The van der Waals surface area contributed by atoms with Gasteiger partial charge in [-0.1, -0.05) is 0 Å². The summed E-state index contributed by atoms with van der Waals surface area (Å²) in [6.45, 7) is 0. The van der Waals surface area contributed by atoms with E-state index in [-0.39, 0.29) is 29.4 Å². The van der Waals surface area contributed by atoms with Crippen LogP contribution in [0.15, 0.2) is 0 Å². The predicted molar refractivity (Wildman–Crippen MR) is 65.3 cm³/mol. The molecule has 92 valence electrons. The molecule has 2 aliphatic heterocycles. The van der Waals surface area contributed by atoms with E-state index in [1.807, 2.05) is 0 Å². The largest absolute Gasteiger partial charge is 0.341 e. The molecule has 0 radical (unpaired) electrons. The van der Waals surface area contributed by atoms with Crippen LogP contribution in [0, 0.1) is 5.92 Å². The summed E-state index contributed by atoms with van der Waals surface area (Å²) in [4.78, 5) is 13.7. The highest BCUT2D eigenvalue weighted by Crippen LogP contribution is 2.27. The molecule has 1 amide bonds. The maximum Gasteiger partial charge on any atom is 0.226 e. The first kappa shape index (κ1) is 12.2. The van der Waals surface area contributed by atoms with Gasteiger partial charge < -0.3 is 4.90 Å². The molecule has 0 bridgehead atoms. The van der Waals surface area contributed by atoms with Gasteiger partial charge >= 0.3 is 0 Å². The number of thioether (sulfide) groups is 1.